The first-order valence-corrected chi connectivity index (χ1v) is 12.1. The average Bonchev–Trinajstić information content (AvgIpc) is 3.28. The van der Waals surface area contributed by atoms with Crippen LogP contribution in [0.15, 0.2) is 58.2 Å². The van der Waals surface area contributed by atoms with E-state index in [2.05, 4.69) is 10.2 Å². The lowest BCUT2D eigenvalue weighted by atomic mass is 9.93. The highest BCUT2D eigenvalue weighted by atomic mass is 32.2. The minimum atomic E-state index is 0.0690. The molecule has 0 bridgehead atoms. The molecule has 1 heterocycles. The quantitative estimate of drug-likeness (QED) is 0.408. The van der Waals surface area contributed by atoms with Crippen LogP contribution < -0.4 is 9.64 Å². The fourth-order valence-corrected chi connectivity index (χ4v) is 4.68. The van der Waals surface area contributed by atoms with E-state index in [0.717, 1.165) is 35.4 Å². The number of para-hydroxylation sites is 1. The number of amides is 1. The summed E-state index contributed by atoms with van der Waals surface area (Å²) in [4.78, 5) is 15.2. The smallest absolute Gasteiger partial charge is 0.277 e. The molecule has 1 aromatic heterocycles. The lowest BCUT2D eigenvalue weighted by molar-refractivity contribution is -0.116. The van der Waals surface area contributed by atoms with Crippen LogP contribution in [0.4, 0.5) is 5.69 Å². The first kappa shape index (κ1) is 22.4. The Hall–Kier alpha value is -2.80. The number of thioether (sulfide) groups is 1. The molecule has 1 aliphatic carbocycles. The fourth-order valence-electron chi connectivity index (χ4n) is 4.04. The highest BCUT2D eigenvalue weighted by Crippen LogP contribution is 2.29. The summed E-state index contributed by atoms with van der Waals surface area (Å²) in [5.74, 6) is 1.52. The van der Waals surface area contributed by atoms with Crippen LogP contribution >= 0.6 is 11.8 Å². The summed E-state index contributed by atoms with van der Waals surface area (Å²) in [5.41, 5.74) is 3.14. The topological polar surface area (TPSA) is 68.5 Å². The summed E-state index contributed by atoms with van der Waals surface area (Å²) in [6, 6.07) is 16.3. The molecule has 1 saturated carbocycles. The van der Waals surface area contributed by atoms with Crippen molar-refractivity contribution in [1.82, 2.24) is 10.2 Å². The Bertz CT molecular complexity index is 1030. The molecular weight excluding hydrogens is 422 g/mol. The van der Waals surface area contributed by atoms with Crippen LogP contribution in [0.3, 0.4) is 0 Å². The lowest BCUT2D eigenvalue weighted by Gasteiger charge is -2.34. The van der Waals surface area contributed by atoms with E-state index in [4.69, 9.17) is 9.15 Å². The molecule has 4 rings (SSSR count). The molecule has 1 aliphatic rings. The lowest BCUT2D eigenvalue weighted by Crippen LogP contribution is -2.42. The number of benzene rings is 2. The Balaban J connectivity index is 1.36. The maximum absolute atomic E-state index is 13.2. The third-order valence-electron chi connectivity index (χ3n) is 5.71. The van der Waals surface area contributed by atoms with Gasteiger partial charge in [-0.1, -0.05) is 61.4 Å². The molecule has 0 saturated heterocycles. The first-order valence-electron chi connectivity index (χ1n) is 11.1. The second kappa shape index (κ2) is 10.7. The van der Waals surface area contributed by atoms with Crippen molar-refractivity contribution in [2.24, 2.45) is 0 Å². The summed E-state index contributed by atoms with van der Waals surface area (Å²) in [7, 11) is 0. The molecule has 0 aliphatic heterocycles. The number of hydrogen-bond donors (Lipinski definition) is 0. The molecule has 168 valence electrons. The van der Waals surface area contributed by atoms with Crippen molar-refractivity contribution >= 4 is 23.4 Å². The molecule has 0 spiro atoms. The SMILES string of the molecule is Cc1ccc(C)c(OCc2nnc(SCC(=O)N(c3ccccc3)C3CCCCC3)o2)c1. The predicted octanol–water partition coefficient (Wildman–Crippen LogP) is 5.72. The summed E-state index contributed by atoms with van der Waals surface area (Å²) >= 11 is 1.28. The Kier molecular flexibility index (Phi) is 7.47. The average molecular weight is 452 g/mol. The Morgan fingerprint density at radius 1 is 1.09 bits per heavy atom. The minimum absolute atomic E-state index is 0.0690. The zero-order valence-corrected chi connectivity index (χ0v) is 19.4. The summed E-state index contributed by atoms with van der Waals surface area (Å²) in [5, 5.41) is 8.53. The van der Waals surface area contributed by atoms with Gasteiger partial charge in [-0.25, -0.2) is 0 Å². The molecule has 1 amide bonds. The van der Waals surface area contributed by atoms with Gasteiger partial charge in [0, 0.05) is 11.7 Å². The van der Waals surface area contributed by atoms with Gasteiger partial charge in [0.15, 0.2) is 6.61 Å². The van der Waals surface area contributed by atoms with E-state index < -0.39 is 0 Å². The van der Waals surface area contributed by atoms with Crippen molar-refractivity contribution in [3.63, 3.8) is 0 Å². The Morgan fingerprint density at radius 3 is 2.66 bits per heavy atom. The van der Waals surface area contributed by atoms with Gasteiger partial charge in [0.1, 0.15) is 5.75 Å². The van der Waals surface area contributed by atoms with Crippen molar-refractivity contribution in [3.8, 4) is 5.75 Å². The molecule has 0 unspecified atom stereocenters. The van der Waals surface area contributed by atoms with Crippen LogP contribution in [0.1, 0.15) is 49.1 Å². The van der Waals surface area contributed by atoms with Crippen molar-refractivity contribution in [1.29, 1.82) is 0 Å². The zero-order chi connectivity index (χ0) is 22.3. The minimum Gasteiger partial charge on any atom is -0.484 e. The van der Waals surface area contributed by atoms with E-state index in [-0.39, 0.29) is 24.3 Å². The number of anilines is 1. The molecule has 3 aromatic rings. The molecule has 1 fully saturated rings. The molecule has 32 heavy (non-hydrogen) atoms. The molecule has 7 heteroatoms. The number of ether oxygens (including phenoxy) is 1. The number of carbonyl (C=O) groups is 1. The summed E-state index contributed by atoms with van der Waals surface area (Å²) < 4.78 is 11.5. The van der Waals surface area contributed by atoms with Crippen molar-refractivity contribution in [2.45, 2.75) is 63.8 Å². The van der Waals surface area contributed by atoms with Crippen molar-refractivity contribution in [3.05, 3.63) is 65.5 Å². The van der Waals surface area contributed by atoms with E-state index >= 15 is 0 Å². The van der Waals surface area contributed by atoms with E-state index in [9.17, 15) is 4.79 Å². The van der Waals surface area contributed by atoms with Crippen LogP contribution in [-0.4, -0.2) is 27.9 Å². The maximum atomic E-state index is 13.2. The number of carbonyl (C=O) groups excluding carboxylic acids is 1. The Morgan fingerprint density at radius 2 is 1.88 bits per heavy atom. The predicted molar refractivity (Wildman–Crippen MR) is 126 cm³/mol. The summed E-state index contributed by atoms with van der Waals surface area (Å²) in [6.45, 7) is 4.22. The van der Waals surface area contributed by atoms with E-state index in [0.29, 0.717) is 11.1 Å². The standard InChI is InChI=1S/C25H29N3O3S/c1-18-13-14-19(2)22(15-18)30-16-23-26-27-25(31-23)32-17-24(29)28(20-9-5-3-6-10-20)21-11-7-4-8-12-21/h3,5-6,9-10,13-15,21H,4,7-8,11-12,16-17H2,1-2H3. The van der Waals surface area contributed by atoms with Crippen LogP contribution in [0.2, 0.25) is 0 Å². The van der Waals surface area contributed by atoms with Crippen molar-refractivity contribution < 1.29 is 13.9 Å². The second-order valence-electron chi connectivity index (χ2n) is 8.20. The van der Waals surface area contributed by atoms with Crippen LogP contribution in [-0.2, 0) is 11.4 Å². The highest BCUT2D eigenvalue weighted by Gasteiger charge is 2.27. The van der Waals surface area contributed by atoms with Gasteiger partial charge in [0.2, 0.25) is 5.91 Å². The van der Waals surface area contributed by atoms with E-state index in [1.807, 2.05) is 67.3 Å². The normalized spacial score (nSPS) is 14.3. The molecule has 0 atom stereocenters. The van der Waals surface area contributed by atoms with Crippen LogP contribution in [0.5, 0.6) is 5.75 Å². The number of rotatable bonds is 8. The Labute approximate surface area is 193 Å². The van der Waals surface area contributed by atoms with Gasteiger partial charge in [0.05, 0.1) is 5.75 Å². The number of nitrogens with zero attached hydrogens (tertiary/aromatic N) is 3. The van der Waals surface area contributed by atoms with E-state index in [1.54, 1.807) is 0 Å². The number of aromatic nitrogens is 2. The van der Waals surface area contributed by atoms with Gasteiger partial charge >= 0.3 is 0 Å². The molecule has 0 N–H and O–H groups in total. The summed E-state index contributed by atoms with van der Waals surface area (Å²) in [6.07, 6.45) is 5.68. The van der Waals surface area contributed by atoms with Gasteiger partial charge in [-0.15, -0.1) is 10.2 Å². The van der Waals surface area contributed by atoms with Crippen molar-refractivity contribution in [2.75, 3.05) is 10.7 Å². The molecule has 0 radical (unpaired) electrons. The second-order valence-corrected chi connectivity index (χ2v) is 9.13. The molecule has 2 aromatic carbocycles. The number of hydrogen-bond acceptors (Lipinski definition) is 6. The highest BCUT2D eigenvalue weighted by molar-refractivity contribution is 7.99. The zero-order valence-electron chi connectivity index (χ0n) is 18.6. The third kappa shape index (κ3) is 5.71. The molecule has 6 nitrogen and oxygen atoms in total. The monoisotopic (exact) mass is 451 g/mol. The van der Waals surface area contributed by atoms with E-state index in [1.165, 1.54) is 31.0 Å². The molecular formula is C25H29N3O3S. The largest absolute Gasteiger partial charge is 0.484 e. The fraction of sp³-hybridized carbons (Fsp3) is 0.400. The third-order valence-corrected chi connectivity index (χ3v) is 6.51. The van der Waals surface area contributed by atoms with Gasteiger partial charge < -0.3 is 14.1 Å². The maximum Gasteiger partial charge on any atom is 0.277 e. The van der Waals surface area contributed by atoms with Gasteiger partial charge in [0.25, 0.3) is 11.1 Å². The van der Waals surface area contributed by atoms with Gasteiger partial charge in [-0.3, -0.25) is 4.79 Å². The van der Waals surface area contributed by atoms with Gasteiger partial charge in [-0.2, -0.15) is 0 Å². The van der Waals surface area contributed by atoms with Gasteiger partial charge in [-0.05, 0) is 56.0 Å². The van der Waals surface area contributed by atoms with Crippen LogP contribution in [0.25, 0.3) is 0 Å². The first-order chi connectivity index (χ1) is 15.6. The number of aryl methyl sites for hydroxylation is 2. The van der Waals surface area contributed by atoms with Crippen LogP contribution in [0, 0.1) is 13.8 Å².